The van der Waals surface area contributed by atoms with Crippen LogP contribution in [0.15, 0.2) is 82.6 Å². The molecule has 0 amide bonds. The fourth-order valence-electron chi connectivity index (χ4n) is 5.22. The second-order valence-corrected chi connectivity index (χ2v) is 10.1. The van der Waals surface area contributed by atoms with Crippen LogP contribution in [0.25, 0.3) is 17.3 Å². The lowest BCUT2D eigenvalue weighted by Crippen LogP contribution is -2.42. The molecule has 0 saturated heterocycles. The number of aliphatic imine (C=N–C) groups is 1. The average Bonchev–Trinajstić information content (AvgIpc) is 3.52. The Labute approximate surface area is 235 Å². The van der Waals surface area contributed by atoms with Gasteiger partial charge in [0, 0.05) is 42.8 Å². The number of ketones is 1. The molecule has 0 spiro atoms. The second kappa shape index (κ2) is 10.8. The Bertz CT molecular complexity index is 1600. The molecule has 41 heavy (non-hydrogen) atoms. The summed E-state index contributed by atoms with van der Waals surface area (Å²) in [7, 11) is 3.85. The van der Waals surface area contributed by atoms with Crippen molar-refractivity contribution in [3.05, 3.63) is 94.5 Å². The zero-order chi connectivity index (χ0) is 29.5. The molecule has 2 aromatic carbocycles. The number of H-pyrrole nitrogens is 1. The SMILES string of the molecule is CCOC(=O)C1=C(C)NC2=N/C(=C/c3ccc(-c4cccc(C(F)(F)F)c4)[nH]3)C(=O)C2C1c1ccc(N(C)C)cc1. The van der Waals surface area contributed by atoms with Crippen molar-refractivity contribution in [3.8, 4) is 11.3 Å². The first-order valence-corrected chi connectivity index (χ1v) is 13.1. The summed E-state index contributed by atoms with van der Waals surface area (Å²) < 4.78 is 44.9. The first kappa shape index (κ1) is 27.9. The fourth-order valence-corrected chi connectivity index (χ4v) is 5.22. The zero-order valence-corrected chi connectivity index (χ0v) is 23.0. The molecule has 0 bridgehead atoms. The number of alkyl halides is 3. The van der Waals surface area contributed by atoms with Crippen LogP contribution in [0.2, 0.25) is 0 Å². The van der Waals surface area contributed by atoms with E-state index in [1.807, 2.05) is 43.3 Å². The minimum absolute atomic E-state index is 0.169. The van der Waals surface area contributed by atoms with Crippen LogP contribution in [0.5, 0.6) is 0 Å². The highest BCUT2D eigenvalue weighted by Crippen LogP contribution is 2.43. The Morgan fingerprint density at radius 2 is 1.80 bits per heavy atom. The van der Waals surface area contributed by atoms with E-state index in [2.05, 4.69) is 15.3 Å². The van der Waals surface area contributed by atoms with Crippen molar-refractivity contribution in [1.29, 1.82) is 0 Å². The van der Waals surface area contributed by atoms with E-state index >= 15 is 0 Å². The molecule has 212 valence electrons. The number of carbonyl (C=O) groups excluding carboxylic acids is 2. The van der Waals surface area contributed by atoms with E-state index in [4.69, 9.17) is 4.74 Å². The van der Waals surface area contributed by atoms with E-state index in [-0.39, 0.29) is 18.1 Å². The molecule has 3 heterocycles. The number of hydrogen-bond donors (Lipinski definition) is 2. The minimum Gasteiger partial charge on any atom is -0.463 e. The molecule has 10 heteroatoms. The largest absolute Gasteiger partial charge is 0.463 e. The van der Waals surface area contributed by atoms with Gasteiger partial charge in [0.25, 0.3) is 0 Å². The van der Waals surface area contributed by atoms with Gasteiger partial charge in [0.1, 0.15) is 11.5 Å². The van der Waals surface area contributed by atoms with Gasteiger partial charge in [-0.05, 0) is 67.4 Å². The number of aromatic nitrogens is 1. The first-order valence-electron chi connectivity index (χ1n) is 13.1. The number of benzene rings is 2. The molecule has 0 saturated carbocycles. The van der Waals surface area contributed by atoms with Crippen LogP contribution in [-0.4, -0.2) is 43.3 Å². The molecule has 0 aliphatic carbocycles. The highest BCUT2D eigenvalue weighted by molar-refractivity contribution is 6.21. The molecule has 0 radical (unpaired) electrons. The normalized spacial score (nSPS) is 19.6. The Morgan fingerprint density at radius 3 is 2.46 bits per heavy atom. The van der Waals surface area contributed by atoms with Crippen molar-refractivity contribution >= 4 is 29.4 Å². The lowest BCUT2D eigenvalue weighted by molar-refractivity contribution is -0.139. The summed E-state index contributed by atoms with van der Waals surface area (Å²) in [6.07, 6.45) is -2.89. The molecule has 0 fully saturated rings. The Balaban J connectivity index is 1.50. The van der Waals surface area contributed by atoms with Gasteiger partial charge in [-0.25, -0.2) is 9.79 Å². The van der Waals surface area contributed by atoms with Crippen molar-refractivity contribution in [2.45, 2.75) is 25.9 Å². The lowest BCUT2D eigenvalue weighted by Gasteiger charge is -2.32. The van der Waals surface area contributed by atoms with E-state index < -0.39 is 29.5 Å². The van der Waals surface area contributed by atoms with Crippen molar-refractivity contribution in [3.63, 3.8) is 0 Å². The van der Waals surface area contributed by atoms with Crippen molar-refractivity contribution in [2.24, 2.45) is 10.9 Å². The molecule has 2 unspecified atom stereocenters. The third-order valence-electron chi connectivity index (χ3n) is 7.20. The summed E-state index contributed by atoms with van der Waals surface area (Å²) in [5.41, 5.74) is 3.43. The summed E-state index contributed by atoms with van der Waals surface area (Å²) in [5.74, 6) is -1.74. The number of fused-ring (bicyclic) bond motifs is 1. The maximum Gasteiger partial charge on any atom is 0.416 e. The number of esters is 1. The summed E-state index contributed by atoms with van der Waals surface area (Å²) in [5, 5.41) is 3.14. The standard InChI is InChI=1S/C31H29F3N4O3/c1-5-41-30(40)25-17(2)35-29-27(26(25)18-9-12-22(13-10-18)38(3)4)28(39)24(37-29)16-21-11-14-23(36-21)19-7-6-8-20(15-19)31(32,33)34/h6-16,26-27,36H,5H2,1-4H3,(H,35,37)/b24-16+. The number of amidine groups is 1. The number of ether oxygens (including phenoxy) is 1. The maximum absolute atomic E-state index is 13.8. The number of carbonyl (C=O) groups is 2. The number of rotatable bonds is 6. The molecule has 2 aliphatic heterocycles. The van der Waals surface area contributed by atoms with Gasteiger partial charge in [0.2, 0.25) is 0 Å². The van der Waals surface area contributed by atoms with E-state index in [0.29, 0.717) is 34.1 Å². The molecule has 2 atom stereocenters. The van der Waals surface area contributed by atoms with Crippen LogP contribution >= 0.6 is 0 Å². The van der Waals surface area contributed by atoms with E-state index in [1.165, 1.54) is 6.07 Å². The second-order valence-electron chi connectivity index (χ2n) is 10.1. The van der Waals surface area contributed by atoms with E-state index in [0.717, 1.165) is 23.4 Å². The predicted molar refractivity (Wildman–Crippen MR) is 151 cm³/mol. The number of nitrogens with zero attached hydrogens (tertiary/aromatic N) is 2. The first-order chi connectivity index (χ1) is 19.5. The minimum atomic E-state index is -4.46. The van der Waals surface area contributed by atoms with Gasteiger partial charge in [-0.2, -0.15) is 13.2 Å². The molecule has 3 aromatic rings. The van der Waals surface area contributed by atoms with Crippen molar-refractivity contribution in [1.82, 2.24) is 10.3 Å². The number of allylic oxidation sites excluding steroid dienone is 2. The summed E-state index contributed by atoms with van der Waals surface area (Å²) >= 11 is 0. The average molecular weight is 563 g/mol. The van der Waals surface area contributed by atoms with Crippen molar-refractivity contribution < 1.29 is 27.5 Å². The number of anilines is 1. The Morgan fingerprint density at radius 1 is 1.07 bits per heavy atom. The van der Waals surface area contributed by atoms with Gasteiger partial charge >= 0.3 is 12.1 Å². The smallest absolute Gasteiger partial charge is 0.416 e. The predicted octanol–water partition coefficient (Wildman–Crippen LogP) is 5.93. The Hall–Kier alpha value is -4.60. The molecule has 5 rings (SSSR count). The number of Topliss-reactive ketones (excluding diaryl/α,β-unsaturated/α-hetero) is 1. The number of halogens is 3. The third kappa shape index (κ3) is 5.41. The van der Waals surface area contributed by atoms with Crippen LogP contribution in [0.3, 0.4) is 0 Å². The molecule has 2 N–H and O–H groups in total. The maximum atomic E-state index is 13.8. The quantitative estimate of drug-likeness (QED) is 0.287. The molecule has 1 aromatic heterocycles. The van der Waals surface area contributed by atoms with Crippen molar-refractivity contribution in [2.75, 3.05) is 25.6 Å². The van der Waals surface area contributed by atoms with Crippen LogP contribution < -0.4 is 10.2 Å². The van der Waals surface area contributed by atoms with E-state index in [1.54, 1.807) is 38.1 Å². The summed E-state index contributed by atoms with van der Waals surface area (Å²) in [4.78, 5) is 36.5. The van der Waals surface area contributed by atoms with Gasteiger partial charge in [0.15, 0.2) is 5.78 Å². The highest BCUT2D eigenvalue weighted by atomic mass is 19.4. The molecule has 2 aliphatic rings. The highest BCUT2D eigenvalue weighted by Gasteiger charge is 2.47. The number of nitrogens with one attached hydrogen (secondary N) is 2. The van der Waals surface area contributed by atoms with Gasteiger partial charge in [-0.3, -0.25) is 4.79 Å². The fraction of sp³-hybridized carbons (Fsp3) is 0.258. The number of aromatic amines is 1. The Kier molecular flexibility index (Phi) is 7.33. The van der Waals surface area contributed by atoms with Crippen LogP contribution in [-0.2, 0) is 20.5 Å². The van der Waals surface area contributed by atoms with Crippen LogP contribution in [0.1, 0.15) is 36.6 Å². The molecular weight excluding hydrogens is 533 g/mol. The molecular formula is C31H29F3N4O3. The lowest BCUT2D eigenvalue weighted by atomic mass is 9.75. The summed E-state index contributed by atoms with van der Waals surface area (Å²) in [6, 6.07) is 16.0. The van der Waals surface area contributed by atoms with E-state index in [9.17, 15) is 22.8 Å². The van der Waals surface area contributed by atoms with Crippen LogP contribution in [0, 0.1) is 5.92 Å². The van der Waals surface area contributed by atoms with Gasteiger partial charge < -0.3 is 19.9 Å². The monoisotopic (exact) mass is 562 g/mol. The van der Waals surface area contributed by atoms with Gasteiger partial charge in [-0.1, -0.05) is 24.3 Å². The molecule has 7 nitrogen and oxygen atoms in total. The third-order valence-corrected chi connectivity index (χ3v) is 7.20. The van der Waals surface area contributed by atoms with Gasteiger partial charge in [0.05, 0.1) is 23.7 Å². The topological polar surface area (TPSA) is 86.8 Å². The summed E-state index contributed by atoms with van der Waals surface area (Å²) in [6.45, 7) is 3.67. The van der Waals surface area contributed by atoms with Gasteiger partial charge in [-0.15, -0.1) is 0 Å². The zero-order valence-electron chi connectivity index (χ0n) is 23.0. The number of hydrogen-bond acceptors (Lipinski definition) is 6. The van der Waals surface area contributed by atoms with Crippen LogP contribution in [0.4, 0.5) is 18.9 Å².